The molecule has 1 saturated carbocycles. The lowest BCUT2D eigenvalue weighted by atomic mass is 9.68. The number of hydrogen-bond donors (Lipinski definition) is 1. The molecule has 2 saturated heterocycles. The van der Waals surface area contributed by atoms with Crippen LogP contribution >= 0.6 is 0 Å². The highest BCUT2D eigenvalue weighted by molar-refractivity contribution is 6.05. The molecule has 2 atom stereocenters. The molecule has 206 valence electrons. The first kappa shape index (κ1) is 26.0. The van der Waals surface area contributed by atoms with Crippen molar-refractivity contribution in [3.05, 3.63) is 64.5 Å². The zero-order chi connectivity index (χ0) is 27.4. The standard InChI is InChI=1S/C29H31F3N4O3/c30-29(31,32)19-5-3-18(4-6-19)15-35-14-11-21(28(17-35)12-1-2-13-28)22-8-7-20-23(33-22)16-36(27(20)39)24-9-10-25(37)34-26(24)38/h3-8,21,24H,1-2,9-17H2,(H,34,37,38). The number of alkyl halides is 3. The molecule has 1 aliphatic carbocycles. The molecule has 3 fully saturated rings. The Morgan fingerprint density at radius 2 is 1.74 bits per heavy atom. The average molecular weight is 541 g/mol. The summed E-state index contributed by atoms with van der Waals surface area (Å²) < 4.78 is 38.9. The zero-order valence-corrected chi connectivity index (χ0v) is 21.6. The van der Waals surface area contributed by atoms with Gasteiger partial charge in [0.05, 0.1) is 23.4 Å². The molecule has 1 aromatic heterocycles. The Morgan fingerprint density at radius 3 is 2.44 bits per heavy atom. The van der Waals surface area contributed by atoms with Crippen molar-refractivity contribution in [2.45, 2.75) is 76.2 Å². The highest BCUT2D eigenvalue weighted by atomic mass is 19.4. The molecule has 0 bridgehead atoms. The van der Waals surface area contributed by atoms with Crippen LogP contribution in [0.2, 0.25) is 0 Å². The van der Waals surface area contributed by atoms with E-state index in [9.17, 15) is 27.6 Å². The number of carbonyl (C=O) groups is 3. The Hall–Kier alpha value is -3.27. The molecule has 6 rings (SSSR count). The smallest absolute Gasteiger partial charge is 0.321 e. The predicted molar refractivity (Wildman–Crippen MR) is 135 cm³/mol. The fourth-order valence-electron chi connectivity index (χ4n) is 7.14. The summed E-state index contributed by atoms with van der Waals surface area (Å²) in [6, 6.07) is 8.59. The Kier molecular flexibility index (Phi) is 6.48. The van der Waals surface area contributed by atoms with Crippen molar-refractivity contribution < 1.29 is 27.6 Å². The summed E-state index contributed by atoms with van der Waals surface area (Å²) in [6.45, 7) is 2.54. The molecule has 39 heavy (non-hydrogen) atoms. The van der Waals surface area contributed by atoms with Crippen molar-refractivity contribution in [2.75, 3.05) is 13.1 Å². The third-order valence-corrected chi connectivity index (χ3v) is 9.05. The maximum Gasteiger partial charge on any atom is 0.416 e. The molecule has 3 amide bonds. The zero-order valence-electron chi connectivity index (χ0n) is 21.6. The van der Waals surface area contributed by atoms with E-state index in [2.05, 4.69) is 10.2 Å². The van der Waals surface area contributed by atoms with Crippen molar-refractivity contribution in [3.8, 4) is 0 Å². The van der Waals surface area contributed by atoms with E-state index in [0.717, 1.165) is 68.6 Å². The number of amides is 3. The maximum absolute atomic E-state index is 13.1. The van der Waals surface area contributed by atoms with Gasteiger partial charge in [0.25, 0.3) is 5.91 Å². The lowest BCUT2D eigenvalue weighted by molar-refractivity contribution is -0.138. The second-order valence-corrected chi connectivity index (χ2v) is 11.4. The Labute approximate surface area is 224 Å². The van der Waals surface area contributed by atoms with Crippen LogP contribution in [0.25, 0.3) is 0 Å². The summed E-state index contributed by atoms with van der Waals surface area (Å²) in [4.78, 5) is 45.9. The fourth-order valence-corrected chi connectivity index (χ4v) is 7.14. The summed E-state index contributed by atoms with van der Waals surface area (Å²) >= 11 is 0. The number of rotatable bonds is 4. The van der Waals surface area contributed by atoms with Crippen molar-refractivity contribution in [1.29, 1.82) is 0 Å². The third-order valence-electron chi connectivity index (χ3n) is 9.05. The number of nitrogens with one attached hydrogen (secondary N) is 1. The lowest BCUT2D eigenvalue weighted by Crippen LogP contribution is -2.52. The summed E-state index contributed by atoms with van der Waals surface area (Å²) in [5, 5.41) is 2.33. The van der Waals surface area contributed by atoms with Gasteiger partial charge in [-0.3, -0.25) is 29.6 Å². The molecule has 3 aliphatic heterocycles. The molecule has 1 aromatic carbocycles. The van der Waals surface area contributed by atoms with E-state index in [1.54, 1.807) is 12.1 Å². The van der Waals surface area contributed by atoms with Gasteiger partial charge >= 0.3 is 6.18 Å². The second kappa shape index (κ2) is 9.73. The summed E-state index contributed by atoms with van der Waals surface area (Å²) in [6.07, 6.45) is 1.49. The molecular weight excluding hydrogens is 509 g/mol. The number of piperidine rings is 2. The SMILES string of the molecule is O=C1CCC(N2Cc3nc(C4CCN(Cc5ccc(C(F)(F)F)cc5)CC45CCCC5)ccc3C2=O)C(=O)N1. The van der Waals surface area contributed by atoms with Gasteiger partial charge in [-0.15, -0.1) is 0 Å². The van der Waals surface area contributed by atoms with Crippen molar-refractivity contribution in [3.63, 3.8) is 0 Å². The Balaban J connectivity index is 1.18. The minimum absolute atomic E-state index is 0.0390. The minimum Gasteiger partial charge on any atom is -0.321 e. The highest BCUT2D eigenvalue weighted by Gasteiger charge is 2.47. The molecule has 2 aromatic rings. The molecule has 7 nitrogen and oxygen atoms in total. The molecular formula is C29H31F3N4O3. The van der Waals surface area contributed by atoms with Crippen LogP contribution in [0.4, 0.5) is 13.2 Å². The molecule has 2 unspecified atom stereocenters. The average Bonchev–Trinajstić information content (AvgIpc) is 3.48. The van der Waals surface area contributed by atoms with Crippen LogP contribution in [0.5, 0.6) is 0 Å². The molecule has 10 heteroatoms. The number of imide groups is 1. The van der Waals surface area contributed by atoms with Crippen LogP contribution in [0, 0.1) is 5.41 Å². The summed E-state index contributed by atoms with van der Waals surface area (Å²) in [5.41, 5.74) is 2.46. The monoisotopic (exact) mass is 540 g/mol. The number of nitrogens with zero attached hydrogens (tertiary/aromatic N) is 3. The van der Waals surface area contributed by atoms with Crippen LogP contribution in [-0.4, -0.2) is 51.6 Å². The topological polar surface area (TPSA) is 82.6 Å². The van der Waals surface area contributed by atoms with Gasteiger partial charge in [0.15, 0.2) is 0 Å². The van der Waals surface area contributed by atoms with Crippen LogP contribution < -0.4 is 5.32 Å². The number of fused-ring (bicyclic) bond motifs is 1. The van der Waals surface area contributed by atoms with E-state index in [0.29, 0.717) is 24.2 Å². The van der Waals surface area contributed by atoms with Crippen molar-refractivity contribution in [2.24, 2.45) is 5.41 Å². The number of likely N-dealkylation sites (tertiary alicyclic amines) is 1. The molecule has 4 aliphatic rings. The first-order chi connectivity index (χ1) is 18.6. The van der Waals surface area contributed by atoms with Crippen molar-refractivity contribution in [1.82, 2.24) is 20.1 Å². The van der Waals surface area contributed by atoms with E-state index in [1.807, 2.05) is 12.1 Å². The molecule has 0 radical (unpaired) electrons. The molecule has 4 heterocycles. The largest absolute Gasteiger partial charge is 0.416 e. The normalized spacial score (nSPS) is 25.3. The maximum atomic E-state index is 13.1. The van der Waals surface area contributed by atoms with Gasteiger partial charge in [0.1, 0.15) is 6.04 Å². The van der Waals surface area contributed by atoms with Gasteiger partial charge in [-0.05, 0) is 67.5 Å². The van der Waals surface area contributed by atoms with Gasteiger partial charge in [-0.25, -0.2) is 0 Å². The lowest BCUT2D eigenvalue weighted by Gasteiger charge is -2.46. The second-order valence-electron chi connectivity index (χ2n) is 11.4. The fraction of sp³-hybridized carbons (Fsp3) is 0.517. The number of hydrogen-bond acceptors (Lipinski definition) is 5. The number of pyridine rings is 1. The Morgan fingerprint density at radius 1 is 1.00 bits per heavy atom. The van der Waals surface area contributed by atoms with Crippen LogP contribution in [-0.2, 0) is 28.9 Å². The van der Waals surface area contributed by atoms with Gasteiger partial charge in [0.2, 0.25) is 11.8 Å². The first-order valence-electron chi connectivity index (χ1n) is 13.7. The van der Waals surface area contributed by atoms with Crippen LogP contribution in [0.3, 0.4) is 0 Å². The quantitative estimate of drug-likeness (QED) is 0.581. The summed E-state index contributed by atoms with van der Waals surface area (Å²) in [5.74, 6) is -0.736. The number of benzene rings is 1. The highest BCUT2D eigenvalue weighted by Crippen LogP contribution is 2.53. The minimum atomic E-state index is -4.34. The van der Waals surface area contributed by atoms with Gasteiger partial charge in [0, 0.05) is 31.1 Å². The molecule has 1 N–H and O–H groups in total. The summed E-state index contributed by atoms with van der Waals surface area (Å²) in [7, 11) is 0. The van der Waals surface area contributed by atoms with E-state index in [-0.39, 0.29) is 36.1 Å². The van der Waals surface area contributed by atoms with E-state index in [4.69, 9.17) is 4.98 Å². The van der Waals surface area contributed by atoms with Crippen LogP contribution in [0.1, 0.15) is 83.7 Å². The van der Waals surface area contributed by atoms with E-state index < -0.39 is 23.7 Å². The number of halogens is 3. The van der Waals surface area contributed by atoms with Crippen LogP contribution in [0.15, 0.2) is 36.4 Å². The number of carbonyl (C=O) groups excluding carboxylic acids is 3. The van der Waals surface area contributed by atoms with Gasteiger partial charge in [-0.2, -0.15) is 13.2 Å². The van der Waals surface area contributed by atoms with E-state index in [1.165, 1.54) is 4.90 Å². The van der Waals surface area contributed by atoms with Gasteiger partial charge < -0.3 is 4.90 Å². The third kappa shape index (κ3) is 4.83. The Bertz CT molecular complexity index is 1300. The predicted octanol–water partition coefficient (Wildman–Crippen LogP) is 4.41. The van der Waals surface area contributed by atoms with Crippen molar-refractivity contribution >= 4 is 17.7 Å². The molecule has 1 spiro atoms. The number of aromatic nitrogens is 1. The first-order valence-corrected chi connectivity index (χ1v) is 13.7. The van der Waals surface area contributed by atoms with E-state index >= 15 is 0 Å². The van der Waals surface area contributed by atoms with Gasteiger partial charge in [-0.1, -0.05) is 25.0 Å².